The number of halogens is 1. The van der Waals surface area contributed by atoms with Crippen molar-refractivity contribution in [2.24, 2.45) is 0 Å². The summed E-state index contributed by atoms with van der Waals surface area (Å²) in [5, 5.41) is 1.20. The highest BCUT2D eigenvalue weighted by Gasteiger charge is 2.19. The summed E-state index contributed by atoms with van der Waals surface area (Å²) >= 11 is 6.32. The van der Waals surface area contributed by atoms with Gasteiger partial charge in [0.25, 0.3) is 0 Å². The first-order chi connectivity index (χ1) is 15.3. The molecular formula is C27H22ClNO3. The van der Waals surface area contributed by atoms with Gasteiger partial charge in [0.2, 0.25) is 0 Å². The molecule has 0 radical (unpaired) electrons. The van der Waals surface area contributed by atoms with Gasteiger partial charge in [0.1, 0.15) is 0 Å². The third kappa shape index (κ3) is 4.41. The number of aryl methyl sites for hydroxylation is 3. The molecule has 0 unspecified atom stereocenters. The standard InChI is InChI=1S/C27H22ClNO3/c1-16-4-8-19(9-5-16)24-14-22(21-12-13-23(28)18(3)26(21)29-24)27(31)32-15-25(30)20-10-6-17(2)7-11-20/h4-14H,15H2,1-3H3. The number of pyridine rings is 1. The van der Waals surface area contributed by atoms with Crippen molar-refractivity contribution in [2.75, 3.05) is 6.61 Å². The van der Waals surface area contributed by atoms with Crippen LogP contribution in [-0.2, 0) is 4.74 Å². The molecule has 4 nitrogen and oxygen atoms in total. The summed E-state index contributed by atoms with van der Waals surface area (Å²) in [4.78, 5) is 30.3. The van der Waals surface area contributed by atoms with Crippen LogP contribution in [0.3, 0.4) is 0 Å². The van der Waals surface area contributed by atoms with Gasteiger partial charge in [0.15, 0.2) is 12.4 Å². The fourth-order valence-electron chi connectivity index (χ4n) is 3.48. The molecule has 0 atom stereocenters. The van der Waals surface area contributed by atoms with Gasteiger partial charge >= 0.3 is 5.97 Å². The molecule has 1 heterocycles. The molecule has 0 bridgehead atoms. The van der Waals surface area contributed by atoms with Crippen molar-refractivity contribution in [3.63, 3.8) is 0 Å². The Morgan fingerprint density at radius 1 is 0.875 bits per heavy atom. The van der Waals surface area contributed by atoms with Crippen molar-refractivity contribution in [3.05, 3.63) is 99.6 Å². The first kappa shape index (κ1) is 21.7. The molecule has 32 heavy (non-hydrogen) atoms. The Kier molecular flexibility index (Phi) is 6.06. The number of hydrogen-bond acceptors (Lipinski definition) is 4. The topological polar surface area (TPSA) is 56.3 Å². The predicted octanol–water partition coefficient (Wildman–Crippen LogP) is 6.52. The number of esters is 1. The molecule has 0 saturated heterocycles. The summed E-state index contributed by atoms with van der Waals surface area (Å²) in [7, 11) is 0. The van der Waals surface area contributed by atoms with Crippen LogP contribution >= 0.6 is 11.6 Å². The molecule has 5 heteroatoms. The summed E-state index contributed by atoms with van der Waals surface area (Å²) in [6.45, 7) is 5.49. The van der Waals surface area contributed by atoms with Crippen LogP contribution in [0, 0.1) is 20.8 Å². The van der Waals surface area contributed by atoms with E-state index in [1.165, 1.54) is 0 Å². The van der Waals surface area contributed by atoms with Crippen LogP contribution in [-0.4, -0.2) is 23.3 Å². The highest BCUT2D eigenvalue weighted by molar-refractivity contribution is 6.32. The highest BCUT2D eigenvalue weighted by atomic mass is 35.5. The summed E-state index contributed by atoms with van der Waals surface area (Å²) in [6, 6.07) is 20.3. The van der Waals surface area contributed by atoms with Crippen LogP contribution in [0.2, 0.25) is 5.02 Å². The van der Waals surface area contributed by atoms with Crippen molar-refractivity contribution in [2.45, 2.75) is 20.8 Å². The number of aromatic nitrogens is 1. The van der Waals surface area contributed by atoms with Gasteiger partial charge in [-0.25, -0.2) is 9.78 Å². The fraction of sp³-hybridized carbons (Fsp3) is 0.148. The lowest BCUT2D eigenvalue weighted by atomic mass is 10.0. The van der Waals surface area contributed by atoms with E-state index in [2.05, 4.69) is 0 Å². The average molecular weight is 444 g/mol. The van der Waals surface area contributed by atoms with Crippen molar-refractivity contribution in [1.29, 1.82) is 0 Å². The zero-order valence-corrected chi connectivity index (χ0v) is 18.9. The summed E-state index contributed by atoms with van der Waals surface area (Å²) in [6.07, 6.45) is 0. The molecule has 0 aliphatic carbocycles. The Labute approximate surface area is 191 Å². The van der Waals surface area contributed by atoms with Crippen molar-refractivity contribution in [1.82, 2.24) is 4.98 Å². The molecule has 0 aliphatic rings. The number of benzene rings is 3. The Hall–Kier alpha value is -3.50. The molecule has 1 aromatic heterocycles. The summed E-state index contributed by atoms with van der Waals surface area (Å²) in [5.41, 5.74) is 5.96. The number of nitrogens with zero attached hydrogens (tertiary/aromatic N) is 1. The van der Waals surface area contributed by atoms with E-state index in [-0.39, 0.29) is 12.4 Å². The van der Waals surface area contributed by atoms with E-state index in [1.807, 2.05) is 57.2 Å². The van der Waals surface area contributed by atoms with Crippen LogP contribution in [0.25, 0.3) is 22.2 Å². The number of hydrogen-bond donors (Lipinski definition) is 0. The lowest BCUT2D eigenvalue weighted by Crippen LogP contribution is -2.15. The molecule has 4 aromatic rings. The van der Waals surface area contributed by atoms with Gasteiger partial charge in [-0.05, 0) is 38.5 Å². The smallest absolute Gasteiger partial charge is 0.339 e. The van der Waals surface area contributed by atoms with Crippen LogP contribution in [0.5, 0.6) is 0 Å². The summed E-state index contributed by atoms with van der Waals surface area (Å²) in [5.74, 6) is -0.831. The lowest BCUT2D eigenvalue weighted by Gasteiger charge is -2.12. The number of ether oxygens (including phenoxy) is 1. The number of rotatable bonds is 5. The van der Waals surface area contributed by atoms with Crippen LogP contribution in [0.4, 0.5) is 0 Å². The molecule has 0 spiro atoms. The van der Waals surface area contributed by atoms with Crippen molar-refractivity contribution >= 4 is 34.3 Å². The van der Waals surface area contributed by atoms with Gasteiger partial charge < -0.3 is 4.74 Å². The van der Waals surface area contributed by atoms with E-state index in [0.717, 1.165) is 22.3 Å². The zero-order valence-electron chi connectivity index (χ0n) is 18.1. The van der Waals surface area contributed by atoms with E-state index < -0.39 is 5.97 Å². The third-order valence-corrected chi connectivity index (χ3v) is 5.85. The Morgan fingerprint density at radius 3 is 2.16 bits per heavy atom. The Morgan fingerprint density at radius 2 is 1.50 bits per heavy atom. The van der Waals surface area contributed by atoms with Gasteiger partial charge in [-0.3, -0.25) is 4.79 Å². The zero-order chi connectivity index (χ0) is 22.8. The van der Waals surface area contributed by atoms with E-state index in [4.69, 9.17) is 21.3 Å². The highest BCUT2D eigenvalue weighted by Crippen LogP contribution is 2.30. The molecule has 3 aromatic carbocycles. The van der Waals surface area contributed by atoms with Gasteiger partial charge in [-0.2, -0.15) is 0 Å². The molecule has 160 valence electrons. The lowest BCUT2D eigenvalue weighted by molar-refractivity contribution is 0.0476. The number of fused-ring (bicyclic) bond motifs is 1. The van der Waals surface area contributed by atoms with E-state index in [0.29, 0.717) is 32.7 Å². The van der Waals surface area contributed by atoms with Gasteiger partial charge in [-0.1, -0.05) is 77.3 Å². The Bertz CT molecular complexity index is 1330. The second kappa shape index (κ2) is 8.93. The molecule has 0 fully saturated rings. The monoisotopic (exact) mass is 443 g/mol. The molecule has 0 N–H and O–H groups in total. The quantitative estimate of drug-likeness (QED) is 0.260. The maximum absolute atomic E-state index is 13.0. The van der Waals surface area contributed by atoms with Crippen LogP contribution in [0.1, 0.15) is 37.4 Å². The van der Waals surface area contributed by atoms with Crippen molar-refractivity contribution in [3.8, 4) is 11.3 Å². The van der Waals surface area contributed by atoms with Gasteiger partial charge in [-0.15, -0.1) is 0 Å². The molecular weight excluding hydrogens is 422 g/mol. The first-order valence-electron chi connectivity index (χ1n) is 10.3. The number of Topliss-reactive ketones (excluding diaryl/α,β-unsaturated/α-hetero) is 1. The van der Waals surface area contributed by atoms with E-state index >= 15 is 0 Å². The molecule has 4 rings (SSSR count). The fourth-order valence-corrected chi connectivity index (χ4v) is 3.63. The first-order valence-corrected chi connectivity index (χ1v) is 10.6. The maximum atomic E-state index is 13.0. The largest absolute Gasteiger partial charge is 0.454 e. The number of carbonyl (C=O) groups excluding carboxylic acids is 2. The van der Waals surface area contributed by atoms with E-state index in [1.54, 1.807) is 30.3 Å². The minimum absolute atomic E-state index is 0.255. The van der Waals surface area contributed by atoms with Gasteiger partial charge in [0.05, 0.1) is 16.8 Å². The van der Waals surface area contributed by atoms with Crippen LogP contribution < -0.4 is 0 Å². The SMILES string of the molecule is Cc1ccc(C(=O)COC(=O)c2cc(-c3ccc(C)cc3)nc3c(C)c(Cl)ccc23)cc1. The number of ketones is 1. The molecule has 0 aliphatic heterocycles. The minimum Gasteiger partial charge on any atom is -0.454 e. The Balaban J connectivity index is 1.70. The molecule has 0 saturated carbocycles. The third-order valence-electron chi connectivity index (χ3n) is 5.44. The van der Waals surface area contributed by atoms with Gasteiger partial charge in [0, 0.05) is 21.5 Å². The number of carbonyl (C=O) groups is 2. The maximum Gasteiger partial charge on any atom is 0.339 e. The second-order valence-corrected chi connectivity index (χ2v) is 8.26. The molecule has 0 amide bonds. The van der Waals surface area contributed by atoms with Crippen molar-refractivity contribution < 1.29 is 14.3 Å². The normalized spacial score (nSPS) is 10.9. The summed E-state index contributed by atoms with van der Waals surface area (Å²) < 4.78 is 5.41. The minimum atomic E-state index is -0.576. The van der Waals surface area contributed by atoms with Crippen LogP contribution in [0.15, 0.2) is 66.7 Å². The average Bonchev–Trinajstić information content (AvgIpc) is 2.80. The predicted molar refractivity (Wildman–Crippen MR) is 127 cm³/mol. The second-order valence-electron chi connectivity index (χ2n) is 7.85. The van der Waals surface area contributed by atoms with E-state index in [9.17, 15) is 9.59 Å².